The number of hydrogen-bond donors (Lipinski definition) is 1. The first kappa shape index (κ1) is 15.3. The lowest BCUT2D eigenvalue weighted by Crippen LogP contribution is -2.46. The lowest BCUT2D eigenvalue weighted by Gasteiger charge is -2.22. The van der Waals surface area contributed by atoms with Gasteiger partial charge in [0.1, 0.15) is 11.4 Å². The van der Waals surface area contributed by atoms with Crippen LogP contribution in [0.1, 0.15) is 26.9 Å². The van der Waals surface area contributed by atoms with Crippen LogP contribution in [0.2, 0.25) is 0 Å². The van der Waals surface area contributed by atoms with Crippen LogP contribution < -0.4 is 5.32 Å². The third-order valence-corrected chi connectivity index (χ3v) is 5.86. The number of nitrogens with zero attached hydrogens (tertiary/aromatic N) is 1. The van der Waals surface area contributed by atoms with Crippen molar-refractivity contribution in [1.82, 2.24) is 10.2 Å². The van der Waals surface area contributed by atoms with Gasteiger partial charge in [-0.1, -0.05) is 48.5 Å². The average molecular weight is 338 g/mol. The molecule has 1 fully saturated rings. The second-order valence-electron chi connectivity index (χ2n) is 6.03. The molecule has 4 nitrogen and oxygen atoms in total. The summed E-state index contributed by atoms with van der Waals surface area (Å²) in [7, 11) is 0. The van der Waals surface area contributed by atoms with Crippen molar-refractivity contribution in [1.29, 1.82) is 0 Å². The quantitative estimate of drug-likeness (QED) is 0.932. The van der Waals surface area contributed by atoms with E-state index in [4.69, 9.17) is 0 Å². The monoisotopic (exact) mass is 338 g/mol. The number of hydrogen-bond acceptors (Lipinski definition) is 3. The minimum Gasteiger partial charge on any atom is -0.354 e. The molecule has 0 spiro atoms. The highest BCUT2D eigenvalue weighted by Gasteiger charge is 2.48. The van der Waals surface area contributed by atoms with E-state index in [0.717, 1.165) is 17.5 Å². The number of carbonyl (C=O) groups excluding carboxylic acids is 2. The van der Waals surface area contributed by atoms with Crippen LogP contribution >= 0.6 is 11.8 Å². The fraction of sp³-hybridized carbons (Fsp3) is 0.263. The van der Waals surface area contributed by atoms with Crippen LogP contribution in [0.25, 0.3) is 0 Å². The molecule has 2 heterocycles. The largest absolute Gasteiger partial charge is 0.354 e. The molecule has 2 atom stereocenters. The Bertz CT molecular complexity index is 778. The summed E-state index contributed by atoms with van der Waals surface area (Å²) < 4.78 is 0. The molecule has 1 N–H and O–H groups in total. The van der Waals surface area contributed by atoms with Crippen molar-refractivity contribution in [3.05, 3.63) is 71.3 Å². The van der Waals surface area contributed by atoms with Crippen LogP contribution in [0.3, 0.4) is 0 Å². The SMILES string of the molecule is O=C(NCCc1ccccc1)[C@@H]1CSC2c3ccccc3C(=O)N21. The van der Waals surface area contributed by atoms with Crippen molar-refractivity contribution >= 4 is 23.6 Å². The number of thioether (sulfide) groups is 1. The molecule has 2 aromatic carbocycles. The minimum absolute atomic E-state index is 0.0152. The van der Waals surface area contributed by atoms with E-state index in [2.05, 4.69) is 5.32 Å². The second-order valence-corrected chi connectivity index (χ2v) is 7.14. The first-order valence-corrected chi connectivity index (χ1v) is 9.15. The van der Waals surface area contributed by atoms with Crippen LogP contribution in [-0.2, 0) is 11.2 Å². The third kappa shape index (κ3) is 2.59. The summed E-state index contributed by atoms with van der Waals surface area (Å²) in [6.45, 7) is 0.587. The molecule has 0 aromatic heterocycles. The van der Waals surface area contributed by atoms with Gasteiger partial charge in [-0.15, -0.1) is 11.8 Å². The summed E-state index contributed by atoms with van der Waals surface area (Å²) in [5.41, 5.74) is 2.96. The van der Waals surface area contributed by atoms with Crippen LogP contribution in [0.5, 0.6) is 0 Å². The van der Waals surface area contributed by atoms with Gasteiger partial charge in [0.2, 0.25) is 5.91 Å². The van der Waals surface area contributed by atoms with E-state index >= 15 is 0 Å². The van der Waals surface area contributed by atoms with Gasteiger partial charge in [-0.25, -0.2) is 0 Å². The van der Waals surface area contributed by atoms with Crippen molar-refractivity contribution in [2.24, 2.45) is 0 Å². The van der Waals surface area contributed by atoms with Crippen molar-refractivity contribution in [2.75, 3.05) is 12.3 Å². The minimum atomic E-state index is -0.379. The molecule has 0 bridgehead atoms. The zero-order chi connectivity index (χ0) is 16.5. The van der Waals surface area contributed by atoms with Crippen LogP contribution in [0.15, 0.2) is 54.6 Å². The van der Waals surface area contributed by atoms with Crippen molar-refractivity contribution in [3.63, 3.8) is 0 Å². The Morgan fingerprint density at radius 3 is 2.71 bits per heavy atom. The summed E-state index contributed by atoms with van der Waals surface area (Å²) in [5.74, 6) is 0.577. The maximum atomic E-state index is 12.6. The van der Waals surface area contributed by atoms with Gasteiger partial charge in [0.25, 0.3) is 5.91 Å². The summed E-state index contributed by atoms with van der Waals surface area (Å²) in [6, 6.07) is 17.3. The molecule has 0 aliphatic carbocycles. The fourth-order valence-electron chi connectivity index (χ4n) is 3.33. The van der Waals surface area contributed by atoms with Crippen molar-refractivity contribution in [2.45, 2.75) is 17.8 Å². The molecular formula is C19H18N2O2S. The van der Waals surface area contributed by atoms with Gasteiger partial charge < -0.3 is 10.2 Å². The zero-order valence-corrected chi connectivity index (χ0v) is 14.0. The highest BCUT2D eigenvalue weighted by atomic mass is 32.2. The number of fused-ring (bicyclic) bond motifs is 3. The molecule has 1 saturated heterocycles. The van der Waals surface area contributed by atoms with Gasteiger partial charge in [0.05, 0.1) is 0 Å². The van der Waals surface area contributed by atoms with E-state index < -0.39 is 0 Å². The second kappa shape index (κ2) is 6.32. The Labute approximate surface area is 145 Å². The summed E-state index contributed by atoms with van der Waals surface area (Å²) in [5, 5.41) is 2.97. The molecule has 2 aliphatic rings. The third-order valence-electron chi connectivity index (χ3n) is 4.55. The maximum absolute atomic E-state index is 12.6. The Hall–Kier alpha value is -2.27. The van der Waals surface area contributed by atoms with Gasteiger partial charge >= 0.3 is 0 Å². The molecule has 2 amide bonds. The fourth-order valence-corrected chi connectivity index (χ4v) is 4.80. The van der Waals surface area contributed by atoms with Crippen LogP contribution in [0.4, 0.5) is 0 Å². The molecule has 5 heteroatoms. The van der Waals surface area contributed by atoms with E-state index in [-0.39, 0.29) is 23.2 Å². The highest BCUT2D eigenvalue weighted by Crippen LogP contribution is 2.47. The predicted molar refractivity (Wildman–Crippen MR) is 94.8 cm³/mol. The van der Waals surface area contributed by atoms with Gasteiger partial charge in [-0.05, 0) is 23.6 Å². The van der Waals surface area contributed by atoms with E-state index in [0.29, 0.717) is 12.3 Å². The van der Waals surface area contributed by atoms with Crippen molar-refractivity contribution < 1.29 is 9.59 Å². The first-order chi connectivity index (χ1) is 11.8. The number of rotatable bonds is 4. The van der Waals surface area contributed by atoms with Gasteiger partial charge in [-0.3, -0.25) is 9.59 Å². The molecule has 1 unspecified atom stereocenters. The topological polar surface area (TPSA) is 49.4 Å². The summed E-state index contributed by atoms with van der Waals surface area (Å²) in [4.78, 5) is 26.9. The Kier molecular flexibility index (Phi) is 4.02. The molecule has 24 heavy (non-hydrogen) atoms. The molecule has 122 valence electrons. The van der Waals surface area contributed by atoms with E-state index in [9.17, 15) is 9.59 Å². The predicted octanol–water partition coefficient (Wildman–Crippen LogP) is 2.62. The Balaban J connectivity index is 1.41. The summed E-state index contributed by atoms with van der Waals surface area (Å²) >= 11 is 1.67. The normalized spacial score (nSPS) is 21.5. The standard InChI is InChI=1S/C19H18N2O2S/c22-17(20-11-10-13-6-2-1-3-7-13)16-12-24-19-15-9-5-4-8-14(15)18(23)21(16)19/h1-9,16,19H,10-12H2,(H,20,22)/t16-,19?/m0/s1. The zero-order valence-electron chi connectivity index (χ0n) is 13.1. The first-order valence-electron chi connectivity index (χ1n) is 8.10. The lowest BCUT2D eigenvalue weighted by molar-refractivity contribution is -0.124. The smallest absolute Gasteiger partial charge is 0.256 e. The number of nitrogens with one attached hydrogen (secondary N) is 1. The number of carbonyl (C=O) groups is 2. The Morgan fingerprint density at radius 2 is 1.88 bits per heavy atom. The average Bonchev–Trinajstić information content (AvgIpc) is 3.17. The molecule has 0 saturated carbocycles. The van der Waals surface area contributed by atoms with Gasteiger partial charge in [0, 0.05) is 17.9 Å². The highest BCUT2D eigenvalue weighted by molar-refractivity contribution is 7.99. The van der Waals surface area contributed by atoms with Crippen LogP contribution in [0, 0.1) is 0 Å². The van der Waals surface area contributed by atoms with E-state index in [1.54, 1.807) is 16.7 Å². The molecule has 4 rings (SSSR count). The van der Waals surface area contributed by atoms with Gasteiger partial charge in [0.15, 0.2) is 0 Å². The van der Waals surface area contributed by atoms with E-state index in [1.807, 2.05) is 54.6 Å². The number of amides is 2. The molecule has 2 aromatic rings. The van der Waals surface area contributed by atoms with Gasteiger partial charge in [-0.2, -0.15) is 0 Å². The van der Waals surface area contributed by atoms with Crippen molar-refractivity contribution in [3.8, 4) is 0 Å². The Morgan fingerprint density at radius 1 is 1.12 bits per heavy atom. The lowest BCUT2D eigenvalue weighted by atomic mass is 10.1. The van der Waals surface area contributed by atoms with E-state index in [1.165, 1.54) is 5.56 Å². The molecule has 0 radical (unpaired) electrons. The summed E-state index contributed by atoms with van der Waals surface area (Å²) in [6.07, 6.45) is 0.796. The maximum Gasteiger partial charge on any atom is 0.256 e. The van der Waals surface area contributed by atoms with Crippen LogP contribution in [-0.4, -0.2) is 35.1 Å². The molecular weight excluding hydrogens is 320 g/mol. The molecule has 2 aliphatic heterocycles. The number of benzene rings is 2.